The second-order valence-corrected chi connectivity index (χ2v) is 3.94. The molecule has 0 aromatic carbocycles. The third kappa shape index (κ3) is 3.15. The number of nitrogens with one attached hydrogen (secondary N) is 1. The zero-order chi connectivity index (χ0) is 12.1. The van der Waals surface area contributed by atoms with Gasteiger partial charge in [-0.3, -0.25) is 15.4 Å². The number of pyridine rings is 2. The summed E-state index contributed by atoms with van der Waals surface area (Å²) in [6, 6.07) is 3.67. The molecule has 0 saturated carbocycles. The fourth-order valence-electron chi connectivity index (χ4n) is 1.14. The number of hydrogen-bond donors (Lipinski definition) is 1. The number of halogens is 2. The van der Waals surface area contributed by atoms with Crippen molar-refractivity contribution in [2.75, 3.05) is 5.43 Å². The molecule has 0 fully saturated rings. The average Bonchev–Trinajstić information content (AvgIpc) is 2.34. The van der Waals surface area contributed by atoms with Crippen LogP contribution in [-0.4, -0.2) is 16.2 Å². The van der Waals surface area contributed by atoms with Gasteiger partial charge in [-0.15, -0.1) is 0 Å². The van der Waals surface area contributed by atoms with Gasteiger partial charge in [0.25, 0.3) is 0 Å². The van der Waals surface area contributed by atoms with Crippen LogP contribution in [0.5, 0.6) is 0 Å². The van der Waals surface area contributed by atoms with E-state index in [1.54, 1.807) is 18.6 Å². The van der Waals surface area contributed by atoms with Gasteiger partial charge in [0.1, 0.15) is 0 Å². The van der Waals surface area contributed by atoms with Crippen LogP contribution in [0.4, 0.5) is 5.69 Å². The molecule has 0 aliphatic carbocycles. The molecule has 0 saturated heterocycles. The molecule has 6 heteroatoms. The first-order chi connectivity index (χ1) is 8.27. The van der Waals surface area contributed by atoms with E-state index in [-0.39, 0.29) is 0 Å². The van der Waals surface area contributed by atoms with Gasteiger partial charge in [0, 0.05) is 24.8 Å². The van der Waals surface area contributed by atoms with Crippen LogP contribution in [-0.2, 0) is 0 Å². The van der Waals surface area contributed by atoms with Crippen molar-refractivity contribution in [1.29, 1.82) is 0 Å². The second-order valence-electron chi connectivity index (χ2n) is 3.13. The summed E-state index contributed by atoms with van der Waals surface area (Å²) in [5, 5.41) is 4.88. The summed E-state index contributed by atoms with van der Waals surface area (Å²) in [5.74, 6) is 0. The summed E-state index contributed by atoms with van der Waals surface area (Å²) < 4.78 is 0. The van der Waals surface area contributed by atoms with E-state index in [1.165, 1.54) is 12.4 Å². The molecule has 0 atom stereocenters. The van der Waals surface area contributed by atoms with E-state index in [9.17, 15) is 0 Å². The predicted molar refractivity (Wildman–Crippen MR) is 69.7 cm³/mol. The topological polar surface area (TPSA) is 50.2 Å². The Morgan fingerprint density at radius 3 is 2.35 bits per heavy atom. The van der Waals surface area contributed by atoms with Gasteiger partial charge < -0.3 is 0 Å². The van der Waals surface area contributed by atoms with Gasteiger partial charge in [0.2, 0.25) is 0 Å². The van der Waals surface area contributed by atoms with Crippen molar-refractivity contribution in [3.8, 4) is 0 Å². The molecule has 0 amide bonds. The van der Waals surface area contributed by atoms with Crippen LogP contribution in [0, 0.1) is 0 Å². The molecule has 4 nitrogen and oxygen atoms in total. The lowest BCUT2D eigenvalue weighted by molar-refractivity contribution is 1.28. The van der Waals surface area contributed by atoms with Gasteiger partial charge >= 0.3 is 0 Å². The van der Waals surface area contributed by atoms with Gasteiger partial charge in [-0.2, -0.15) is 5.10 Å². The summed E-state index contributed by atoms with van der Waals surface area (Å²) in [6.07, 6.45) is 8.02. The van der Waals surface area contributed by atoms with E-state index >= 15 is 0 Å². The lowest BCUT2D eigenvalue weighted by Gasteiger charge is -2.04. The van der Waals surface area contributed by atoms with Crippen LogP contribution in [0.1, 0.15) is 5.56 Å². The quantitative estimate of drug-likeness (QED) is 0.686. The van der Waals surface area contributed by atoms with Crippen LogP contribution in [0.15, 0.2) is 42.0 Å². The van der Waals surface area contributed by atoms with Gasteiger partial charge in [-0.1, -0.05) is 23.2 Å². The molecule has 1 N–H and O–H groups in total. The molecule has 0 aliphatic rings. The second kappa shape index (κ2) is 5.61. The smallest absolute Gasteiger partial charge is 0.0965 e. The van der Waals surface area contributed by atoms with Crippen molar-refractivity contribution in [3.05, 3.63) is 52.5 Å². The number of nitrogens with zero attached hydrogens (tertiary/aromatic N) is 3. The minimum Gasteiger partial charge on any atom is -0.275 e. The van der Waals surface area contributed by atoms with Gasteiger partial charge in [-0.25, -0.2) is 0 Å². The highest BCUT2D eigenvalue weighted by Crippen LogP contribution is 2.28. The average molecular weight is 267 g/mol. The van der Waals surface area contributed by atoms with E-state index in [0.29, 0.717) is 15.7 Å². The third-order valence-corrected chi connectivity index (χ3v) is 2.52. The maximum atomic E-state index is 5.92. The summed E-state index contributed by atoms with van der Waals surface area (Å²) in [4.78, 5) is 7.75. The zero-order valence-corrected chi connectivity index (χ0v) is 10.2. The molecule has 2 rings (SSSR count). The molecule has 0 bridgehead atoms. The van der Waals surface area contributed by atoms with Crippen molar-refractivity contribution in [1.82, 2.24) is 9.97 Å². The highest BCUT2D eigenvalue weighted by atomic mass is 35.5. The molecular formula is C11H8Cl2N4. The van der Waals surface area contributed by atoms with Crippen LogP contribution in [0.25, 0.3) is 0 Å². The third-order valence-electron chi connectivity index (χ3n) is 1.95. The summed E-state index contributed by atoms with van der Waals surface area (Å²) in [6.45, 7) is 0. The summed E-state index contributed by atoms with van der Waals surface area (Å²) in [5.41, 5.74) is 4.24. The van der Waals surface area contributed by atoms with Crippen molar-refractivity contribution >= 4 is 35.1 Å². The zero-order valence-electron chi connectivity index (χ0n) is 8.64. The predicted octanol–water partition coefficient (Wildman–Crippen LogP) is 3.23. The fourth-order valence-corrected chi connectivity index (χ4v) is 1.59. The van der Waals surface area contributed by atoms with Crippen LogP contribution < -0.4 is 5.43 Å². The Bertz CT molecular complexity index is 508. The number of hydrazone groups is 1. The van der Waals surface area contributed by atoms with Crippen molar-refractivity contribution in [3.63, 3.8) is 0 Å². The Balaban J connectivity index is 2.10. The van der Waals surface area contributed by atoms with Crippen LogP contribution >= 0.6 is 23.2 Å². The molecule has 0 aliphatic heterocycles. The Hall–Kier alpha value is -1.65. The fraction of sp³-hybridized carbons (Fsp3) is 0. The van der Waals surface area contributed by atoms with Crippen molar-refractivity contribution in [2.24, 2.45) is 5.10 Å². The molecule has 2 heterocycles. The lowest BCUT2D eigenvalue weighted by atomic mass is 10.3. The maximum absolute atomic E-state index is 5.92. The molecule has 2 aromatic rings. The first-order valence-corrected chi connectivity index (χ1v) is 5.51. The Morgan fingerprint density at radius 1 is 1.06 bits per heavy atom. The number of anilines is 1. The molecule has 0 radical (unpaired) electrons. The van der Waals surface area contributed by atoms with Gasteiger partial charge in [0.15, 0.2) is 0 Å². The number of aromatic nitrogens is 2. The number of hydrogen-bond acceptors (Lipinski definition) is 4. The first-order valence-electron chi connectivity index (χ1n) is 4.75. The molecule has 2 aromatic heterocycles. The summed E-state index contributed by atoms with van der Waals surface area (Å²) in [7, 11) is 0. The van der Waals surface area contributed by atoms with Gasteiger partial charge in [-0.05, 0) is 17.7 Å². The van der Waals surface area contributed by atoms with E-state index in [0.717, 1.165) is 5.56 Å². The van der Waals surface area contributed by atoms with E-state index in [4.69, 9.17) is 23.2 Å². The SMILES string of the molecule is Clc1cncc(Cl)c1N/N=C\c1ccncc1. The molecule has 0 unspecified atom stereocenters. The monoisotopic (exact) mass is 266 g/mol. The minimum atomic E-state index is 0.421. The lowest BCUT2D eigenvalue weighted by Crippen LogP contribution is -1.93. The minimum absolute atomic E-state index is 0.421. The number of rotatable bonds is 3. The molecule has 0 spiro atoms. The van der Waals surface area contributed by atoms with Crippen LogP contribution in [0.2, 0.25) is 10.0 Å². The highest BCUT2D eigenvalue weighted by Gasteiger charge is 2.03. The van der Waals surface area contributed by atoms with Crippen molar-refractivity contribution < 1.29 is 0 Å². The van der Waals surface area contributed by atoms with E-state index in [2.05, 4.69) is 20.5 Å². The maximum Gasteiger partial charge on any atom is 0.0965 e. The Kier molecular flexibility index (Phi) is 3.90. The molecule has 17 heavy (non-hydrogen) atoms. The first kappa shape index (κ1) is 11.8. The summed E-state index contributed by atoms with van der Waals surface area (Å²) >= 11 is 11.8. The standard InChI is InChI=1S/C11H8Cl2N4/c12-9-6-15-7-10(13)11(9)17-16-5-8-1-3-14-4-2-8/h1-7H,(H,15,17)/b16-5-. The largest absolute Gasteiger partial charge is 0.275 e. The Labute approximate surface area is 108 Å². The molecular weight excluding hydrogens is 259 g/mol. The van der Waals surface area contributed by atoms with Crippen molar-refractivity contribution in [2.45, 2.75) is 0 Å². The molecule has 86 valence electrons. The van der Waals surface area contributed by atoms with Crippen LogP contribution in [0.3, 0.4) is 0 Å². The normalized spacial score (nSPS) is 10.7. The Morgan fingerprint density at radius 2 is 1.71 bits per heavy atom. The highest BCUT2D eigenvalue weighted by molar-refractivity contribution is 6.38. The van der Waals surface area contributed by atoms with Gasteiger partial charge in [0.05, 0.1) is 21.9 Å². The van der Waals surface area contributed by atoms with E-state index < -0.39 is 0 Å². The van der Waals surface area contributed by atoms with E-state index in [1.807, 2.05) is 12.1 Å².